The van der Waals surface area contributed by atoms with E-state index >= 15 is 0 Å². The van der Waals surface area contributed by atoms with Gasteiger partial charge in [-0.1, -0.05) is 61.8 Å². The van der Waals surface area contributed by atoms with Crippen molar-refractivity contribution in [1.29, 1.82) is 0 Å². The van der Waals surface area contributed by atoms with Gasteiger partial charge in [-0.15, -0.1) is 0 Å². The van der Waals surface area contributed by atoms with Crippen LogP contribution in [0.15, 0.2) is 42.5 Å². The summed E-state index contributed by atoms with van der Waals surface area (Å²) in [5, 5.41) is 4.29. The van der Waals surface area contributed by atoms with Crippen LogP contribution >= 0.6 is 11.6 Å². The van der Waals surface area contributed by atoms with Crippen molar-refractivity contribution in [3.05, 3.63) is 69.7 Å². The number of hydrogen-bond donors (Lipinski definition) is 1. The Labute approximate surface area is 127 Å². The van der Waals surface area contributed by atoms with Crippen molar-refractivity contribution in [2.24, 2.45) is 0 Å². The van der Waals surface area contributed by atoms with E-state index in [-0.39, 0.29) is 0 Å². The van der Waals surface area contributed by atoms with E-state index in [0.29, 0.717) is 5.92 Å². The maximum absolute atomic E-state index is 6.13. The first-order chi connectivity index (χ1) is 9.56. The predicted molar refractivity (Wildman–Crippen MR) is 87.3 cm³/mol. The maximum Gasteiger partial charge on any atom is 0.0438 e. The van der Waals surface area contributed by atoms with Crippen molar-refractivity contribution in [3.8, 4) is 0 Å². The van der Waals surface area contributed by atoms with Crippen LogP contribution in [0.1, 0.15) is 42.0 Å². The Hall–Kier alpha value is -1.31. The first-order valence-electron chi connectivity index (χ1n) is 7.11. The molecular formula is C18H22ClN. The molecule has 2 aromatic rings. The van der Waals surface area contributed by atoms with Gasteiger partial charge in [0.1, 0.15) is 0 Å². The average Bonchev–Trinajstić information content (AvgIpc) is 2.43. The molecule has 0 heterocycles. The fourth-order valence-corrected chi connectivity index (χ4v) is 2.32. The fourth-order valence-electron chi connectivity index (χ4n) is 2.12. The summed E-state index contributed by atoms with van der Waals surface area (Å²) in [6, 6.07) is 15.0. The van der Waals surface area contributed by atoms with Gasteiger partial charge in [0.25, 0.3) is 0 Å². The molecule has 0 aliphatic rings. The van der Waals surface area contributed by atoms with Crippen LogP contribution in [0.3, 0.4) is 0 Å². The highest BCUT2D eigenvalue weighted by Gasteiger charge is 2.00. The maximum atomic E-state index is 6.13. The van der Waals surface area contributed by atoms with Crippen LogP contribution in [0.2, 0.25) is 5.02 Å². The number of benzene rings is 2. The number of halogens is 1. The Morgan fingerprint density at radius 2 is 1.55 bits per heavy atom. The zero-order valence-corrected chi connectivity index (χ0v) is 13.2. The Morgan fingerprint density at radius 1 is 0.950 bits per heavy atom. The number of aryl methyl sites for hydroxylation is 1. The summed E-state index contributed by atoms with van der Waals surface area (Å²) in [4.78, 5) is 0. The molecule has 20 heavy (non-hydrogen) atoms. The van der Waals surface area contributed by atoms with Crippen LogP contribution in [-0.2, 0) is 13.1 Å². The van der Waals surface area contributed by atoms with Crippen molar-refractivity contribution >= 4 is 11.6 Å². The molecule has 1 nitrogen and oxygen atoms in total. The lowest BCUT2D eigenvalue weighted by Gasteiger charge is -2.09. The molecule has 0 aliphatic heterocycles. The van der Waals surface area contributed by atoms with Crippen LogP contribution in [0.4, 0.5) is 0 Å². The summed E-state index contributed by atoms with van der Waals surface area (Å²) in [5.74, 6) is 0.590. The van der Waals surface area contributed by atoms with Gasteiger partial charge in [0.15, 0.2) is 0 Å². The largest absolute Gasteiger partial charge is 0.309 e. The highest BCUT2D eigenvalue weighted by Crippen LogP contribution is 2.17. The third-order valence-corrected chi connectivity index (χ3v) is 3.95. The minimum atomic E-state index is 0.590. The van der Waals surface area contributed by atoms with Crippen LogP contribution in [0, 0.1) is 6.92 Å². The molecule has 106 valence electrons. The molecule has 2 rings (SSSR count). The van der Waals surface area contributed by atoms with Crippen molar-refractivity contribution in [2.75, 3.05) is 0 Å². The Morgan fingerprint density at radius 3 is 2.15 bits per heavy atom. The minimum Gasteiger partial charge on any atom is -0.309 e. The van der Waals surface area contributed by atoms with E-state index in [4.69, 9.17) is 11.6 Å². The third-order valence-electron chi connectivity index (χ3n) is 3.54. The van der Waals surface area contributed by atoms with Crippen molar-refractivity contribution in [3.63, 3.8) is 0 Å². The summed E-state index contributed by atoms with van der Waals surface area (Å²) in [6.45, 7) is 8.18. The SMILES string of the molecule is Cc1ccc(CNCc2ccc(C(C)C)cc2)cc1Cl. The zero-order valence-electron chi connectivity index (χ0n) is 12.4. The molecule has 1 N–H and O–H groups in total. The van der Waals surface area contributed by atoms with E-state index in [1.807, 2.05) is 13.0 Å². The van der Waals surface area contributed by atoms with Crippen LogP contribution in [0.5, 0.6) is 0 Å². The van der Waals surface area contributed by atoms with Gasteiger partial charge < -0.3 is 5.32 Å². The summed E-state index contributed by atoms with van der Waals surface area (Å²) in [7, 11) is 0. The van der Waals surface area contributed by atoms with E-state index in [9.17, 15) is 0 Å². The Bertz CT molecular complexity index is 558. The second kappa shape index (κ2) is 6.92. The lowest BCUT2D eigenvalue weighted by Crippen LogP contribution is -2.12. The van der Waals surface area contributed by atoms with Crippen LogP contribution in [0.25, 0.3) is 0 Å². The summed E-state index contributed by atoms with van der Waals surface area (Å²) >= 11 is 6.13. The van der Waals surface area contributed by atoms with Crippen LogP contribution < -0.4 is 5.32 Å². The van der Waals surface area contributed by atoms with Gasteiger partial charge >= 0.3 is 0 Å². The molecule has 2 heteroatoms. The zero-order chi connectivity index (χ0) is 14.5. The summed E-state index contributed by atoms with van der Waals surface area (Å²) in [6.07, 6.45) is 0. The van der Waals surface area contributed by atoms with Gasteiger partial charge in [-0.3, -0.25) is 0 Å². The first kappa shape index (κ1) is 15.1. The highest BCUT2D eigenvalue weighted by atomic mass is 35.5. The molecule has 0 fully saturated rings. The second-order valence-electron chi connectivity index (χ2n) is 5.58. The first-order valence-corrected chi connectivity index (χ1v) is 7.48. The van der Waals surface area contributed by atoms with E-state index in [0.717, 1.165) is 23.7 Å². The molecule has 0 aromatic heterocycles. The molecule has 0 unspecified atom stereocenters. The van der Waals surface area contributed by atoms with Gasteiger partial charge in [0.2, 0.25) is 0 Å². The molecule has 0 aliphatic carbocycles. The van der Waals surface area contributed by atoms with E-state index in [1.165, 1.54) is 16.7 Å². The molecule has 0 spiro atoms. The average molecular weight is 288 g/mol. The lowest BCUT2D eigenvalue weighted by molar-refractivity contribution is 0.692. The van der Waals surface area contributed by atoms with Gasteiger partial charge in [0, 0.05) is 18.1 Å². The van der Waals surface area contributed by atoms with Gasteiger partial charge in [-0.25, -0.2) is 0 Å². The molecule has 0 atom stereocenters. The predicted octanol–water partition coefficient (Wildman–Crippen LogP) is 5.06. The third kappa shape index (κ3) is 4.09. The smallest absolute Gasteiger partial charge is 0.0438 e. The Kier molecular flexibility index (Phi) is 5.22. The molecular weight excluding hydrogens is 266 g/mol. The quantitative estimate of drug-likeness (QED) is 0.810. The van der Waals surface area contributed by atoms with Crippen molar-refractivity contribution in [2.45, 2.75) is 39.8 Å². The number of hydrogen-bond acceptors (Lipinski definition) is 1. The Balaban J connectivity index is 1.87. The summed E-state index contributed by atoms with van der Waals surface area (Å²) in [5.41, 5.74) is 5.05. The van der Waals surface area contributed by atoms with Gasteiger partial charge in [-0.05, 0) is 41.2 Å². The lowest BCUT2D eigenvalue weighted by atomic mass is 10.0. The van der Waals surface area contributed by atoms with Gasteiger partial charge in [0.05, 0.1) is 0 Å². The van der Waals surface area contributed by atoms with Gasteiger partial charge in [-0.2, -0.15) is 0 Å². The number of nitrogens with one attached hydrogen (secondary N) is 1. The molecule has 0 amide bonds. The number of rotatable bonds is 5. The molecule has 0 radical (unpaired) electrons. The highest BCUT2D eigenvalue weighted by molar-refractivity contribution is 6.31. The normalized spacial score (nSPS) is 11.1. The minimum absolute atomic E-state index is 0.590. The van der Waals surface area contributed by atoms with Crippen LogP contribution in [-0.4, -0.2) is 0 Å². The van der Waals surface area contributed by atoms with Crippen molar-refractivity contribution in [1.82, 2.24) is 5.32 Å². The molecule has 0 saturated carbocycles. The van der Waals surface area contributed by atoms with Crippen molar-refractivity contribution < 1.29 is 0 Å². The molecule has 2 aromatic carbocycles. The fraction of sp³-hybridized carbons (Fsp3) is 0.333. The summed E-state index contributed by atoms with van der Waals surface area (Å²) < 4.78 is 0. The van der Waals surface area contributed by atoms with E-state index in [2.05, 4.69) is 55.6 Å². The second-order valence-corrected chi connectivity index (χ2v) is 5.99. The van der Waals surface area contributed by atoms with E-state index < -0.39 is 0 Å². The molecule has 0 bridgehead atoms. The standard InChI is InChI=1S/C18H22ClN/c1-13(2)17-8-6-15(7-9-17)11-20-12-16-5-4-14(3)18(19)10-16/h4-10,13,20H,11-12H2,1-3H3. The molecule has 0 saturated heterocycles. The monoisotopic (exact) mass is 287 g/mol. The van der Waals surface area contributed by atoms with E-state index in [1.54, 1.807) is 0 Å². The topological polar surface area (TPSA) is 12.0 Å².